The molecular formula is C23H25ClN4O. The summed E-state index contributed by atoms with van der Waals surface area (Å²) in [6, 6.07) is 17.7. The lowest BCUT2D eigenvalue weighted by molar-refractivity contribution is -0.130. The molecule has 1 saturated heterocycles. The van der Waals surface area contributed by atoms with Crippen LogP contribution in [0.3, 0.4) is 0 Å². The Morgan fingerprint density at radius 1 is 0.966 bits per heavy atom. The Bertz CT molecular complexity index is 990. The number of anilines is 1. The first-order valence-electron chi connectivity index (χ1n) is 9.92. The molecule has 0 saturated carbocycles. The van der Waals surface area contributed by atoms with Gasteiger partial charge in [0.2, 0.25) is 5.91 Å². The van der Waals surface area contributed by atoms with E-state index in [1.165, 1.54) is 5.69 Å². The Balaban J connectivity index is 1.43. The average molecular weight is 409 g/mol. The number of carbonyl (C=O) groups is 1. The van der Waals surface area contributed by atoms with E-state index >= 15 is 0 Å². The number of aromatic nitrogens is 2. The summed E-state index contributed by atoms with van der Waals surface area (Å²) in [7, 11) is 0. The van der Waals surface area contributed by atoms with Crippen molar-refractivity contribution in [3.8, 4) is 5.69 Å². The maximum atomic E-state index is 12.7. The van der Waals surface area contributed by atoms with Crippen LogP contribution < -0.4 is 4.90 Å². The molecule has 3 aromatic rings. The highest BCUT2D eigenvalue weighted by molar-refractivity contribution is 6.30. The largest absolute Gasteiger partial charge is 0.365 e. The molecule has 29 heavy (non-hydrogen) atoms. The Morgan fingerprint density at radius 2 is 1.62 bits per heavy atom. The lowest BCUT2D eigenvalue weighted by Gasteiger charge is -2.36. The highest BCUT2D eigenvalue weighted by Crippen LogP contribution is 2.27. The predicted molar refractivity (Wildman–Crippen MR) is 117 cm³/mol. The zero-order valence-corrected chi connectivity index (χ0v) is 17.6. The van der Waals surface area contributed by atoms with Gasteiger partial charge in [-0.1, -0.05) is 41.9 Å². The molecule has 0 spiro atoms. The van der Waals surface area contributed by atoms with Gasteiger partial charge in [0.15, 0.2) is 0 Å². The van der Waals surface area contributed by atoms with Crippen LogP contribution in [0.15, 0.2) is 54.6 Å². The summed E-state index contributed by atoms with van der Waals surface area (Å²) in [5, 5.41) is 5.45. The summed E-state index contributed by atoms with van der Waals surface area (Å²) < 4.78 is 2.00. The lowest BCUT2D eigenvalue weighted by atomic mass is 10.1. The Kier molecular flexibility index (Phi) is 5.58. The standard InChI is InChI=1S/C23H25ClN4O/c1-17-23(18(2)28(25-17)21-6-4-3-5-7-21)27-14-12-26(13-15-27)22(29)16-19-8-10-20(24)11-9-19/h3-11H,12-16H2,1-2H3. The van der Waals surface area contributed by atoms with Crippen molar-refractivity contribution in [3.63, 3.8) is 0 Å². The van der Waals surface area contributed by atoms with Gasteiger partial charge in [-0.25, -0.2) is 4.68 Å². The van der Waals surface area contributed by atoms with Crippen molar-refractivity contribution < 1.29 is 4.79 Å². The second-order valence-electron chi connectivity index (χ2n) is 7.44. The molecule has 1 aromatic heterocycles. The number of piperazine rings is 1. The van der Waals surface area contributed by atoms with Gasteiger partial charge in [0.25, 0.3) is 0 Å². The molecule has 1 aliphatic rings. The van der Waals surface area contributed by atoms with Gasteiger partial charge < -0.3 is 9.80 Å². The lowest BCUT2D eigenvalue weighted by Crippen LogP contribution is -2.49. The van der Waals surface area contributed by atoms with Crippen LogP contribution in [0, 0.1) is 13.8 Å². The third kappa shape index (κ3) is 4.15. The molecule has 0 radical (unpaired) electrons. The maximum Gasteiger partial charge on any atom is 0.227 e. The Hall–Kier alpha value is -2.79. The van der Waals surface area contributed by atoms with Crippen molar-refractivity contribution in [2.24, 2.45) is 0 Å². The van der Waals surface area contributed by atoms with Gasteiger partial charge in [-0.05, 0) is 43.7 Å². The molecular weight excluding hydrogens is 384 g/mol. The topological polar surface area (TPSA) is 41.4 Å². The SMILES string of the molecule is Cc1nn(-c2ccccc2)c(C)c1N1CCN(C(=O)Cc2ccc(Cl)cc2)CC1. The van der Waals surface area contributed by atoms with E-state index in [4.69, 9.17) is 16.7 Å². The van der Waals surface area contributed by atoms with Gasteiger partial charge in [0.05, 0.1) is 29.2 Å². The second kappa shape index (κ2) is 8.29. The Labute approximate surface area is 176 Å². The fourth-order valence-corrected chi connectivity index (χ4v) is 4.11. The number of hydrogen-bond donors (Lipinski definition) is 0. The van der Waals surface area contributed by atoms with Gasteiger partial charge in [-0.3, -0.25) is 4.79 Å². The average Bonchev–Trinajstić information content (AvgIpc) is 3.04. The van der Waals surface area contributed by atoms with Crippen LogP contribution in [0.5, 0.6) is 0 Å². The molecule has 2 aromatic carbocycles. The van der Waals surface area contributed by atoms with Gasteiger partial charge in [0.1, 0.15) is 0 Å². The predicted octanol–water partition coefficient (Wildman–Crippen LogP) is 4.03. The summed E-state index contributed by atoms with van der Waals surface area (Å²) in [4.78, 5) is 17.0. The fraction of sp³-hybridized carbons (Fsp3) is 0.304. The third-order valence-electron chi connectivity index (χ3n) is 5.47. The van der Waals surface area contributed by atoms with E-state index in [0.29, 0.717) is 11.4 Å². The summed E-state index contributed by atoms with van der Waals surface area (Å²) in [6.07, 6.45) is 0.418. The number of para-hydroxylation sites is 1. The first-order chi connectivity index (χ1) is 14.0. The number of carbonyl (C=O) groups excluding carboxylic acids is 1. The van der Waals surface area contributed by atoms with Crippen molar-refractivity contribution in [3.05, 3.63) is 76.6 Å². The van der Waals surface area contributed by atoms with E-state index < -0.39 is 0 Å². The van der Waals surface area contributed by atoms with E-state index in [2.05, 4.69) is 30.9 Å². The molecule has 2 heterocycles. The first kappa shape index (κ1) is 19.5. The minimum Gasteiger partial charge on any atom is -0.365 e. The smallest absolute Gasteiger partial charge is 0.227 e. The molecule has 0 unspecified atom stereocenters. The number of amides is 1. The van der Waals surface area contributed by atoms with Gasteiger partial charge in [-0.15, -0.1) is 0 Å². The third-order valence-corrected chi connectivity index (χ3v) is 5.72. The van der Waals surface area contributed by atoms with Crippen LogP contribution in [0.1, 0.15) is 17.0 Å². The van der Waals surface area contributed by atoms with Crippen molar-refractivity contribution >= 4 is 23.2 Å². The van der Waals surface area contributed by atoms with E-state index in [1.54, 1.807) is 0 Å². The normalized spacial score (nSPS) is 14.3. The quantitative estimate of drug-likeness (QED) is 0.654. The van der Waals surface area contributed by atoms with Crippen molar-refractivity contribution in [1.29, 1.82) is 0 Å². The van der Waals surface area contributed by atoms with Gasteiger partial charge in [0, 0.05) is 31.2 Å². The second-order valence-corrected chi connectivity index (χ2v) is 7.87. The minimum atomic E-state index is 0.167. The summed E-state index contributed by atoms with van der Waals surface area (Å²) in [5.41, 5.74) is 5.40. The molecule has 1 amide bonds. The molecule has 0 N–H and O–H groups in total. The van der Waals surface area contributed by atoms with E-state index in [1.807, 2.05) is 52.0 Å². The number of halogens is 1. The van der Waals surface area contributed by atoms with Crippen LogP contribution in [-0.4, -0.2) is 46.8 Å². The molecule has 5 nitrogen and oxygen atoms in total. The van der Waals surface area contributed by atoms with Crippen molar-refractivity contribution in [2.45, 2.75) is 20.3 Å². The number of hydrogen-bond acceptors (Lipinski definition) is 3. The minimum absolute atomic E-state index is 0.167. The molecule has 0 bridgehead atoms. The van der Waals surface area contributed by atoms with Crippen molar-refractivity contribution in [2.75, 3.05) is 31.1 Å². The highest BCUT2D eigenvalue weighted by Gasteiger charge is 2.25. The number of benzene rings is 2. The number of nitrogens with zero attached hydrogens (tertiary/aromatic N) is 4. The number of aryl methyl sites for hydroxylation is 1. The summed E-state index contributed by atoms with van der Waals surface area (Å²) >= 11 is 5.93. The van der Waals surface area contributed by atoms with Crippen LogP contribution in [0.4, 0.5) is 5.69 Å². The highest BCUT2D eigenvalue weighted by atomic mass is 35.5. The van der Waals surface area contributed by atoms with E-state index in [0.717, 1.165) is 48.8 Å². The monoisotopic (exact) mass is 408 g/mol. The van der Waals surface area contributed by atoms with Crippen molar-refractivity contribution in [1.82, 2.24) is 14.7 Å². The zero-order valence-electron chi connectivity index (χ0n) is 16.8. The molecule has 1 fully saturated rings. The van der Waals surface area contributed by atoms with E-state index in [-0.39, 0.29) is 5.91 Å². The first-order valence-corrected chi connectivity index (χ1v) is 10.3. The zero-order chi connectivity index (χ0) is 20.4. The Morgan fingerprint density at radius 3 is 2.28 bits per heavy atom. The maximum absolute atomic E-state index is 12.7. The van der Waals surface area contributed by atoms with Gasteiger partial charge >= 0.3 is 0 Å². The van der Waals surface area contributed by atoms with Gasteiger partial charge in [-0.2, -0.15) is 5.10 Å². The molecule has 0 aliphatic carbocycles. The molecule has 0 atom stereocenters. The summed E-state index contributed by atoms with van der Waals surface area (Å²) in [5.74, 6) is 0.167. The number of rotatable bonds is 4. The molecule has 6 heteroatoms. The van der Waals surface area contributed by atoms with Crippen LogP contribution in [0.2, 0.25) is 5.02 Å². The van der Waals surface area contributed by atoms with Crippen LogP contribution in [-0.2, 0) is 11.2 Å². The van der Waals surface area contributed by atoms with E-state index in [9.17, 15) is 4.79 Å². The molecule has 150 valence electrons. The molecule has 1 aliphatic heterocycles. The molecule has 4 rings (SSSR count). The summed E-state index contributed by atoms with van der Waals surface area (Å²) in [6.45, 7) is 7.24. The fourth-order valence-electron chi connectivity index (χ4n) is 3.98. The van der Waals surface area contributed by atoms with Crippen LogP contribution in [0.25, 0.3) is 5.69 Å². The van der Waals surface area contributed by atoms with Crippen LogP contribution >= 0.6 is 11.6 Å².